The summed E-state index contributed by atoms with van der Waals surface area (Å²) in [4.78, 5) is 0. The summed E-state index contributed by atoms with van der Waals surface area (Å²) in [6, 6.07) is 16.3. The van der Waals surface area contributed by atoms with Crippen LogP contribution in [0.4, 0.5) is 0 Å². The van der Waals surface area contributed by atoms with Gasteiger partial charge in [0.15, 0.2) is 0 Å². The van der Waals surface area contributed by atoms with E-state index >= 15 is 0 Å². The van der Waals surface area contributed by atoms with Gasteiger partial charge in [-0.25, -0.2) is 0 Å². The highest BCUT2D eigenvalue weighted by Gasteiger charge is 2.06. The Morgan fingerprint density at radius 2 is 1.68 bits per heavy atom. The molecule has 0 spiro atoms. The smallest absolute Gasteiger partial charge is 0.116 e. The van der Waals surface area contributed by atoms with E-state index in [2.05, 4.69) is 48.7 Å². The number of hydrogen-bond donors (Lipinski definition) is 1. The number of aryl methyl sites for hydroxylation is 2. The van der Waals surface area contributed by atoms with Crippen molar-refractivity contribution in [1.82, 2.24) is 4.57 Å². The van der Waals surface area contributed by atoms with Crippen LogP contribution in [0.1, 0.15) is 16.8 Å². The lowest BCUT2D eigenvalue weighted by Crippen LogP contribution is -2.01. The Morgan fingerprint density at radius 3 is 2.42 bits per heavy atom. The molecule has 0 aliphatic heterocycles. The third-order valence-corrected chi connectivity index (χ3v) is 3.55. The molecule has 2 heteroatoms. The molecule has 0 radical (unpaired) electrons. The average Bonchev–Trinajstić information content (AvgIpc) is 2.68. The number of hydrogen-bond acceptors (Lipinski definition) is 1. The average molecular weight is 251 g/mol. The molecule has 0 bridgehead atoms. The molecule has 0 saturated carbocycles. The Morgan fingerprint density at radius 1 is 0.947 bits per heavy atom. The predicted octanol–water partition coefficient (Wildman–Crippen LogP) is 4.01. The van der Waals surface area contributed by atoms with Gasteiger partial charge in [-0.05, 0) is 43.7 Å². The molecule has 96 valence electrons. The molecule has 0 aliphatic carbocycles. The van der Waals surface area contributed by atoms with Crippen molar-refractivity contribution in [3.63, 3.8) is 0 Å². The zero-order valence-electron chi connectivity index (χ0n) is 11.2. The van der Waals surface area contributed by atoms with E-state index in [4.69, 9.17) is 0 Å². The monoisotopic (exact) mass is 251 g/mol. The topological polar surface area (TPSA) is 25.2 Å². The highest BCUT2D eigenvalue weighted by atomic mass is 16.3. The van der Waals surface area contributed by atoms with Crippen molar-refractivity contribution < 1.29 is 5.11 Å². The number of benzene rings is 2. The van der Waals surface area contributed by atoms with Gasteiger partial charge < -0.3 is 9.67 Å². The Bertz CT molecular complexity index is 723. The van der Waals surface area contributed by atoms with Gasteiger partial charge in [0, 0.05) is 23.1 Å². The van der Waals surface area contributed by atoms with Crippen molar-refractivity contribution in [3.8, 4) is 5.75 Å². The molecular formula is C17H17NO. The van der Waals surface area contributed by atoms with Gasteiger partial charge in [0.2, 0.25) is 0 Å². The van der Waals surface area contributed by atoms with Gasteiger partial charge in [-0.2, -0.15) is 0 Å². The van der Waals surface area contributed by atoms with E-state index in [-0.39, 0.29) is 0 Å². The first-order chi connectivity index (χ1) is 9.13. The van der Waals surface area contributed by atoms with E-state index in [0.717, 1.165) is 17.4 Å². The third-order valence-electron chi connectivity index (χ3n) is 3.55. The van der Waals surface area contributed by atoms with Gasteiger partial charge in [-0.1, -0.05) is 29.8 Å². The van der Waals surface area contributed by atoms with Crippen molar-refractivity contribution in [2.24, 2.45) is 0 Å². The fourth-order valence-electron chi connectivity index (χ4n) is 2.48. The molecule has 0 saturated heterocycles. The fraction of sp³-hybridized carbons (Fsp3) is 0.176. The summed E-state index contributed by atoms with van der Waals surface area (Å²) in [5.74, 6) is 0.319. The van der Waals surface area contributed by atoms with Crippen LogP contribution < -0.4 is 0 Å². The summed E-state index contributed by atoms with van der Waals surface area (Å²) in [5.41, 5.74) is 4.94. The number of aromatic hydroxyl groups is 1. The van der Waals surface area contributed by atoms with Crippen molar-refractivity contribution in [1.29, 1.82) is 0 Å². The van der Waals surface area contributed by atoms with Crippen molar-refractivity contribution in [2.45, 2.75) is 20.4 Å². The zero-order valence-corrected chi connectivity index (χ0v) is 11.2. The summed E-state index contributed by atoms with van der Waals surface area (Å²) in [6.07, 6.45) is 0. The lowest BCUT2D eigenvalue weighted by Gasteiger charge is -2.09. The van der Waals surface area contributed by atoms with Crippen LogP contribution in [0.15, 0.2) is 48.5 Å². The molecule has 19 heavy (non-hydrogen) atoms. The zero-order chi connectivity index (χ0) is 13.4. The first-order valence-electron chi connectivity index (χ1n) is 6.48. The number of rotatable bonds is 2. The molecule has 2 aromatic carbocycles. The maximum absolute atomic E-state index is 9.54. The number of nitrogens with zero attached hydrogens (tertiary/aromatic N) is 1. The van der Waals surface area contributed by atoms with Crippen molar-refractivity contribution in [2.75, 3.05) is 0 Å². The van der Waals surface area contributed by atoms with E-state index in [1.54, 1.807) is 6.07 Å². The Kier molecular flexibility index (Phi) is 2.79. The number of fused-ring (bicyclic) bond motifs is 1. The van der Waals surface area contributed by atoms with Crippen LogP contribution in [-0.2, 0) is 6.54 Å². The summed E-state index contributed by atoms with van der Waals surface area (Å²) in [7, 11) is 0. The van der Waals surface area contributed by atoms with Crippen molar-refractivity contribution in [3.05, 3.63) is 65.4 Å². The normalized spacial score (nSPS) is 11.1. The maximum atomic E-state index is 9.54. The molecule has 0 fully saturated rings. The minimum Gasteiger partial charge on any atom is -0.508 e. The Hall–Kier alpha value is -2.22. The van der Waals surface area contributed by atoms with E-state index in [1.165, 1.54) is 16.8 Å². The lowest BCUT2D eigenvalue weighted by atomic mass is 10.1. The molecule has 1 heterocycles. The second-order valence-corrected chi connectivity index (χ2v) is 5.10. The van der Waals surface area contributed by atoms with E-state index in [9.17, 15) is 5.11 Å². The quantitative estimate of drug-likeness (QED) is 0.731. The molecule has 0 atom stereocenters. The van der Waals surface area contributed by atoms with Crippen LogP contribution in [-0.4, -0.2) is 9.67 Å². The second-order valence-electron chi connectivity index (χ2n) is 5.10. The molecule has 1 N–H and O–H groups in total. The molecule has 1 aromatic heterocycles. The molecule has 3 rings (SSSR count). The highest BCUT2D eigenvalue weighted by molar-refractivity contribution is 5.82. The lowest BCUT2D eigenvalue weighted by molar-refractivity contribution is 0.476. The van der Waals surface area contributed by atoms with Crippen molar-refractivity contribution >= 4 is 10.9 Å². The molecule has 0 amide bonds. The summed E-state index contributed by atoms with van der Waals surface area (Å²) in [5, 5.41) is 10.6. The molecule has 0 aliphatic rings. The molecule has 0 unspecified atom stereocenters. The van der Waals surface area contributed by atoms with E-state index in [1.807, 2.05) is 12.1 Å². The first-order valence-corrected chi connectivity index (χ1v) is 6.48. The highest BCUT2D eigenvalue weighted by Crippen LogP contribution is 2.24. The Labute approximate surface area is 112 Å². The second kappa shape index (κ2) is 4.47. The number of phenols is 1. The predicted molar refractivity (Wildman–Crippen MR) is 78.6 cm³/mol. The van der Waals surface area contributed by atoms with Crippen LogP contribution in [0.2, 0.25) is 0 Å². The minimum atomic E-state index is 0.319. The molecule has 2 nitrogen and oxygen atoms in total. The first kappa shape index (κ1) is 11.8. The summed E-state index contributed by atoms with van der Waals surface area (Å²) < 4.78 is 2.28. The van der Waals surface area contributed by atoms with Crippen LogP contribution >= 0.6 is 0 Å². The van der Waals surface area contributed by atoms with Gasteiger partial charge in [-0.3, -0.25) is 0 Å². The van der Waals surface area contributed by atoms with Crippen LogP contribution in [0.25, 0.3) is 10.9 Å². The minimum absolute atomic E-state index is 0.319. The van der Waals surface area contributed by atoms with Gasteiger partial charge >= 0.3 is 0 Å². The van der Waals surface area contributed by atoms with Gasteiger partial charge in [-0.15, -0.1) is 0 Å². The van der Waals surface area contributed by atoms with E-state index < -0.39 is 0 Å². The Balaban J connectivity index is 2.05. The number of aromatic nitrogens is 1. The van der Waals surface area contributed by atoms with Gasteiger partial charge in [0.05, 0.1) is 0 Å². The third kappa shape index (κ3) is 2.22. The van der Waals surface area contributed by atoms with E-state index in [0.29, 0.717) is 5.75 Å². The van der Waals surface area contributed by atoms with Gasteiger partial charge in [0.1, 0.15) is 5.75 Å². The maximum Gasteiger partial charge on any atom is 0.116 e. The number of phenolic OH excluding ortho intramolecular Hbond substituents is 1. The van der Waals surface area contributed by atoms with Crippen LogP contribution in [0, 0.1) is 13.8 Å². The van der Waals surface area contributed by atoms with Crippen LogP contribution in [0.3, 0.4) is 0 Å². The van der Waals surface area contributed by atoms with Crippen LogP contribution in [0.5, 0.6) is 5.75 Å². The largest absolute Gasteiger partial charge is 0.508 e. The molecular weight excluding hydrogens is 234 g/mol. The summed E-state index contributed by atoms with van der Waals surface area (Å²) >= 11 is 0. The van der Waals surface area contributed by atoms with Gasteiger partial charge in [0.25, 0.3) is 0 Å². The standard InChI is InChI=1S/C17H17NO/c1-12-3-5-14(6-4-12)11-18-13(2)9-15-10-16(19)7-8-17(15)18/h3-10,19H,11H2,1-2H3. The SMILES string of the molecule is Cc1ccc(Cn2c(C)cc3cc(O)ccc32)cc1. The fourth-order valence-corrected chi connectivity index (χ4v) is 2.48. The molecule has 3 aromatic rings. The summed E-state index contributed by atoms with van der Waals surface area (Å²) in [6.45, 7) is 5.06.